The molecule has 1 amide bonds. The summed E-state index contributed by atoms with van der Waals surface area (Å²) in [7, 11) is 3.17. The van der Waals surface area contributed by atoms with Crippen LogP contribution in [-0.2, 0) is 11.2 Å². The topological polar surface area (TPSA) is 103 Å². The van der Waals surface area contributed by atoms with Gasteiger partial charge in [-0.05, 0) is 61.6 Å². The van der Waals surface area contributed by atoms with E-state index in [2.05, 4.69) is 10.4 Å². The fraction of sp³-hybridized carbons (Fsp3) is 0.393. The molecule has 37 heavy (non-hydrogen) atoms. The lowest BCUT2D eigenvalue weighted by atomic mass is 10.0. The molecule has 0 bridgehead atoms. The smallest absolute Gasteiger partial charge is 0.305 e. The van der Waals surface area contributed by atoms with Crippen LogP contribution in [0, 0.1) is 5.82 Å². The minimum Gasteiger partial charge on any atom is -0.496 e. The average Bonchev–Trinajstić information content (AvgIpc) is 3.57. The summed E-state index contributed by atoms with van der Waals surface area (Å²) in [5.41, 5.74) is 2.49. The Morgan fingerprint density at radius 3 is 2.35 bits per heavy atom. The number of aromatic nitrogens is 2. The van der Waals surface area contributed by atoms with Crippen LogP contribution in [-0.4, -0.2) is 47.0 Å². The number of ether oxygens (including phenoxy) is 2. The van der Waals surface area contributed by atoms with Gasteiger partial charge in [0.25, 0.3) is 5.91 Å². The van der Waals surface area contributed by atoms with Gasteiger partial charge in [0.15, 0.2) is 5.69 Å². The molecule has 1 heterocycles. The van der Waals surface area contributed by atoms with Crippen molar-refractivity contribution in [3.8, 4) is 22.8 Å². The van der Waals surface area contributed by atoms with E-state index in [1.165, 1.54) is 12.1 Å². The number of carbonyl (C=O) groups excluding carboxylic acids is 1. The number of nitrogens with zero attached hydrogens (tertiary/aromatic N) is 2. The average molecular weight is 510 g/mol. The van der Waals surface area contributed by atoms with Crippen molar-refractivity contribution >= 4 is 11.9 Å². The molecule has 8 nitrogen and oxygen atoms in total. The van der Waals surface area contributed by atoms with Crippen molar-refractivity contribution in [3.05, 3.63) is 65.6 Å². The number of halogens is 1. The fourth-order valence-electron chi connectivity index (χ4n) is 4.91. The lowest BCUT2D eigenvalue weighted by molar-refractivity contribution is -0.137. The molecule has 4 rings (SSSR count). The number of hydrogen-bond acceptors (Lipinski definition) is 5. The number of nitrogens with one attached hydrogen (secondary N) is 1. The molecule has 3 aromatic rings. The van der Waals surface area contributed by atoms with Crippen molar-refractivity contribution in [2.75, 3.05) is 14.2 Å². The van der Waals surface area contributed by atoms with Crippen molar-refractivity contribution < 1.29 is 28.6 Å². The largest absolute Gasteiger partial charge is 0.496 e. The lowest BCUT2D eigenvalue weighted by Gasteiger charge is -2.18. The van der Waals surface area contributed by atoms with E-state index in [4.69, 9.17) is 9.47 Å². The summed E-state index contributed by atoms with van der Waals surface area (Å²) < 4.78 is 26.3. The second-order valence-electron chi connectivity index (χ2n) is 9.27. The van der Waals surface area contributed by atoms with E-state index in [1.54, 1.807) is 32.4 Å². The van der Waals surface area contributed by atoms with Gasteiger partial charge in [-0.1, -0.05) is 31.0 Å². The predicted molar refractivity (Wildman–Crippen MR) is 136 cm³/mol. The summed E-state index contributed by atoms with van der Waals surface area (Å²) in [6, 6.07) is 12.8. The monoisotopic (exact) mass is 509 g/mol. The Balaban J connectivity index is 1.62. The summed E-state index contributed by atoms with van der Waals surface area (Å²) in [6.07, 6.45) is 4.72. The normalized spacial score (nSPS) is 14.4. The number of rotatable bonds is 11. The van der Waals surface area contributed by atoms with Crippen LogP contribution in [0.15, 0.2) is 48.5 Å². The van der Waals surface area contributed by atoms with Crippen LogP contribution in [0.25, 0.3) is 11.3 Å². The highest BCUT2D eigenvalue weighted by Gasteiger charge is 2.28. The molecule has 1 aromatic heterocycles. The van der Waals surface area contributed by atoms with Gasteiger partial charge in [0.1, 0.15) is 17.3 Å². The highest BCUT2D eigenvalue weighted by Crippen LogP contribution is 2.41. The molecule has 1 atom stereocenters. The standard InChI is InChI=1S/C28H32FN3O5/c1-36-24-8-5-9-25(37-2)27(24)23-17-22(31-32(23)21-6-3-4-7-21)28(35)30-20(16-26(33)34)15-12-18-10-13-19(29)14-11-18/h5,8-11,13-14,17,20-21H,3-4,6-7,12,15-16H2,1-2H3,(H,30,35)(H,33,34)/t20-/m0/s1. The summed E-state index contributed by atoms with van der Waals surface area (Å²) >= 11 is 0. The summed E-state index contributed by atoms with van der Waals surface area (Å²) in [6.45, 7) is 0. The molecule has 1 aliphatic rings. The number of aryl methyl sites for hydroxylation is 1. The molecule has 0 radical (unpaired) electrons. The Morgan fingerprint density at radius 1 is 1.11 bits per heavy atom. The first kappa shape index (κ1) is 26.2. The van der Waals surface area contributed by atoms with Gasteiger partial charge < -0.3 is 19.9 Å². The molecule has 2 N–H and O–H groups in total. The van der Waals surface area contributed by atoms with Crippen LogP contribution in [0.2, 0.25) is 0 Å². The van der Waals surface area contributed by atoms with Crippen LogP contribution in [0.3, 0.4) is 0 Å². The van der Waals surface area contributed by atoms with Crippen molar-refractivity contribution in [2.24, 2.45) is 0 Å². The molecule has 1 saturated carbocycles. The molecule has 1 fully saturated rings. The van der Waals surface area contributed by atoms with Crippen molar-refractivity contribution in [1.82, 2.24) is 15.1 Å². The molecule has 0 aliphatic heterocycles. The van der Waals surface area contributed by atoms with Crippen LogP contribution >= 0.6 is 0 Å². The van der Waals surface area contributed by atoms with E-state index < -0.39 is 17.9 Å². The van der Waals surface area contributed by atoms with Gasteiger partial charge in [-0.25, -0.2) is 4.39 Å². The Kier molecular flexibility index (Phi) is 8.43. The Labute approximate surface area is 215 Å². The molecular weight excluding hydrogens is 477 g/mol. The zero-order valence-corrected chi connectivity index (χ0v) is 21.1. The third kappa shape index (κ3) is 6.28. The third-order valence-electron chi connectivity index (χ3n) is 6.77. The summed E-state index contributed by atoms with van der Waals surface area (Å²) in [5, 5.41) is 16.9. The number of methoxy groups -OCH3 is 2. The van der Waals surface area contributed by atoms with Crippen molar-refractivity contribution in [1.29, 1.82) is 0 Å². The van der Waals surface area contributed by atoms with E-state index in [9.17, 15) is 19.1 Å². The predicted octanol–water partition coefficient (Wildman–Crippen LogP) is 5.03. The molecule has 0 saturated heterocycles. The number of hydrogen-bond donors (Lipinski definition) is 2. The highest BCUT2D eigenvalue weighted by atomic mass is 19.1. The number of carbonyl (C=O) groups is 2. The van der Waals surface area contributed by atoms with Crippen LogP contribution in [0.1, 0.15) is 60.6 Å². The van der Waals surface area contributed by atoms with Gasteiger partial charge in [0.2, 0.25) is 0 Å². The van der Waals surface area contributed by atoms with E-state index in [0.717, 1.165) is 31.2 Å². The lowest BCUT2D eigenvalue weighted by Crippen LogP contribution is -2.37. The van der Waals surface area contributed by atoms with Gasteiger partial charge in [0, 0.05) is 6.04 Å². The Morgan fingerprint density at radius 2 is 1.76 bits per heavy atom. The molecular formula is C28H32FN3O5. The zero-order chi connectivity index (χ0) is 26.4. The number of benzene rings is 2. The fourth-order valence-corrected chi connectivity index (χ4v) is 4.91. The SMILES string of the molecule is COc1cccc(OC)c1-c1cc(C(=O)N[C@@H](CCc2ccc(F)cc2)CC(=O)O)nn1C1CCCC1. The van der Waals surface area contributed by atoms with Gasteiger partial charge in [0.05, 0.1) is 37.9 Å². The van der Waals surface area contributed by atoms with Crippen LogP contribution in [0.5, 0.6) is 11.5 Å². The summed E-state index contributed by atoms with van der Waals surface area (Å²) in [5.74, 6) is -0.584. The maximum absolute atomic E-state index is 13.3. The summed E-state index contributed by atoms with van der Waals surface area (Å²) in [4.78, 5) is 24.8. The van der Waals surface area contributed by atoms with Gasteiger partial charge in [-0.15, -0.1) is 0 Å². The Hall–Kier alpha value is -3.88. The third-order valence-corrected chi connectivity index (χ3v) is 6.77. The minimum absolute atomic E-state index is 0.138. The second-order valence-corrected chi connectivity index (χ2v) is 9.27. The van der Waals surface area contributed by atoms with Gasteiger partial charge in [-0.2, -0.15) is 5.10 Å². The molecule has 0 spiro atoms. The molecule has 9 heteroatoms. The van der Waals surface area contributed by atoms with E-state index in [-0.39, 0.29) is 24.0 Å². The van der Waals surface area contributed by atoms with Crippen LogP contribution < -0.4 is 14.8 Å². The first-order valence-corrected chi connectivity index (χ1v) is 12.5. The quantitative estimate of drug-likeness (QED) is 0.376. The Bertz CT molecular complexity index is 1210. The molecule has 0 unspecified atom stereocenters. The number of carboxylic acids is 1. The van der Waals surface area contributed by atoms with Crippen LogP contribution in [0.4, 0.5) is 4.39 Å². The van der Waals surface area contributed by atoms with Crippen molar-refractivity contribution in [2.45, 2.75) is 57.0 Å². The molecule has 1 aliphatic carbocycles. The molecule has 196 valence electrons. The molecule has 2 aromatic carbocycles. The van der Waals surface area contributed by atoms with Gasteiger partial charge in [-0.3, -0.25) is 14.3 Å². The second kappa shape index (κ2) is 11.9. The van der Waals surface area contributed by atoms with E-state index in [0.29, 0.717) is 35.6 Å². The number of aliphatic carboxylic acids is 1. The van der Waals surface area contributed by atoms with Gasteiger partial charge >= 0.3 is 5.97 Å². The minimum atomic E-state index is -1.01. The zero-order valence-electron chi connectivity index (χ0n) is 21.1. The maximum Gasteiger partial charge on any atom is 0.305 e. The van der Waals surface area contributed by atoms with E-state index >= 15 is 0 Å². The highest BCUT2D eigenvalue weighted by molar-refractivity contribution is 5.94. The first-order valence-electron chi connectivity index (χ1n) is 12.5. The van der Waals surface area contributed by atoms with Crippen molar-refractivity contribution in [3.63, 3.8) is 0 Å². The van der Waals surface area contributed by atoms with E-state index in [1.807, 2.05) is 22.9 Å². The number of carboxylic acid groups (broad SMARTS) is 1. The number of amides is 1. The maximum atomic E-state index is 13.3. The first-order chi connectivity index (χ1) is 17.9.